The van der Waals surface area contributed by atoms with Gasteiger partial charge < -0.3 is 9.47 Å². The molecule has 1 aliphatic heterocycles. The van der Waals surface area contributed by atoms with E-state index < -0.39 is 0 Å². The molecule has 0 aromatic rings. The maximum Gasteiger partial charge on any atom is 0.162 e. The van der Waals surface area contributed by atoms with Gasteiger partial charge in [0.05, 0.1) is 6.61 Å². The summed E-state index contributed by atoms with van der Waals surface area (Å²) < 4.78 is 11.4. The average molecular weight is 194 g/mol. The predicted octanol–water partition coefficient (Wildman–Crippen LogP) is 2.83. The molecule has 78 valence electrons. The van der Waals surface area contributed by atoms with Crippen LogP contribution in [0.15, 0.2) is 38.0 Å². The Morgan fingerprint density at radius 2 is 1.79 bits per heavy atom. The normalized spacial score (nSPS) is 24.4. The van der Waals surface area contributed by atoms with Crippen LogP contribution in [0, 0.1) is 0 Å². The van der Waals surface area contributed by atoms with Gasteiger partial charge in [-0.25, -0.2) is 0 Å². The van der Waals surface area contributed by atoms with Crippen LogP contribution in [0.2, 0.25) is 0 Å². The first-order chi connectivity index (χ1) is 6.76. The molecule has 0 amide bonds. The van der Waals surface area contributed by atoms with Crippen molar-refractivity contribution in [3.8, 4) is 0 Å². The van der Waals surface area contributed by atoms with Crippen LogP contribution in [0.5, 0.6) is 0 Å². The molecule has 0 saturated carbocycles. The lowest BCUT2D eigenvalue weighted by Gasteiger charge is -2.24. The number of hydrogen-bond donors (Lipinski definition) is 0. The second kappa shape index (κ2) is 5.13. The van der Waals surface area contributed by atoms with E-state index in [1.165, 1.54) is 0 Å². The molecule has 0 spiro atoms. The molecule has 1 atom stereocenters. The van der Waals surface area contributed by atoms with E-state index in [1.54, 1.807) is 0 Å². The van der Waals surface area contributed by atoms with E-state index in [0.717, 1.165) is 19.3 Å². The van der Waals surface area contributed by atoms with Crippen molar-refractivity contribution in [1.82, 2.24) is 0 Å². The van der Waals surface area contributed by atoms with Gasteiger partial charge in [-0.1, -0.05) is 18.2 Å². The molecule has 1 fully saturated rings. The highest BCUT2D eigenvalue weighted by molar-refractivity contribution is 4.96. The smallest absolute Gasteiger partial charge is 0.162 e. The third-order valence-corrected chi connectivity index (χ3v) is 2.31. The number of rotatable bonds is 6. The Labute approximate surface area is 85.9 Å². The van der Waals surface area contributed by atoms with Crippen molar-refractivity contribution in [1.29, 1.82) is 0 Å². The largest absolute Gasteiger partial charge is 0.349 e. The third kappa shape index (κ3) is 2.56. The molecule has 1 heterocycles. The van der Waals surface area contributed by atoms with Gasteiger partial charge in [0.1, 0.15) is 5.60 Å². The summed E-state index contributed by atoms with van der Waals surface area (Å²) in [7, 11) is 0. The first-order valence-electron chi connectivity index (χ1n) is 4.88. The zero-order chi connectivity index (χ0) is 10.4. The minimum Gasteiger partial charge on any atom is -0.349 e. The monoisotopic (exact) mass is 194 g/mol. The van der Waals surface area contributed by atoms with Crippen molar-refractivity contribution < 1.29 is 9.47 Å². The van der Waals surface area contributed by atoms with E-state index in [1.807, 2.05) is 18.2 Å². The van der Waals surface area contributed by atoms with E-state index >= 15 is 0 Å². The Balaban J connectivity index is 2.57. The van der Waals surface area contributed by atoms with Gasteiger partial charge in [0.2, 0.25) is 0 Å². The summed E-state index contributed by atoms with van der Waals surface area (Å²) in [6.07, 6.45) is 7.72. The van der Waals surface area contributed by atoms with Crippen LogP contribution >= 0.6 is 0 Å². The van der Waals surface area contributed by atoms with Crippen LogP contribution in [-0.2, 0) is 9.47 Å². The summed E-state index contributed by atoms with van der Waals surface area (Å²) in [4.78, 5) is 0. The Kier molecular flexibility index (Phi) is 4.11. The quantitative estimate of drug-likeness (QED) is 0.605. The lowest BCUT2D eigenvalue weighted by molar-refractivity contribution is -0.0843. The van der Waals surface area contributed by atoms with Crippen LogP contribution in [0.1, 0.15) is 19.3 Å². The van der Waals surface area contributed by atoms with Gasteiger partial charge >= 0.3 is 0 Å². The highest BCUT2D eigenvalue weighted by atomic mass is 16.7. The maximum atomic E-state index is 5.83. The molecule has 1 unspecified atom stereocenters. The molecule has 0 N–H and O–H groups in total. The third-order valence-electron chi connectivity index (χ3n) is 2.31. The lowest BCUT2D eigenvalue weighted by Crippen LogP contribution is -2.30. The van der Waals surface area contributed by atoms with E-state index in [-0.39, 0.29) is 11.9 Å². The first kappa shape index (κ1) is 11.2. The van der Waals surface area contributed by atoms with Crippen LogP contribution in [0.4, 0.5) is 0 Å². The standard InChI is InChI=1S/C12H18O2/c1-4-7-11-13-10-12(14-11,8-5-2)9-6-3/h4-6,11H,1-3,7-10H2. The van der Waals surface area contributed by atoms with Crippen LogP contribution in [-0.4, -0.2) is 18.5 Å². The molecule has 0 aromatic carbocycles. The molecule has 14 heavy (non-hydrogen) atoms. The van der Waals surface area contributed by atoms with Crippen molar-refractivity contribution in [3.05, 3.63) is 38.0 Å². The molecular weight excluding hydrogens is 176 g/mol. The Bertz CT molecular complexity index is 210. The maximum absolute atomic E-state index is 5.83. The first-order valence-corrected chi connectivity index (χ1v) is 4.88. The van der Waals surface area contributed by atoms with E-state index in [4.69, 9.17) is 9.47 Å². The van der Waals surface area contributed by atoms with Gasteiger partial charge in [-0.15, -0.1) is 19.7 Å². The van der Waals surface area contributed by atoms with Crippen LogP contribution < -0.4 is 0 Å². The zero-order valence-electron chi connectivity index (χ0n) is 8.58. The molecule has 2 heteroatoms. The Hall–Kier alpha value is -0.860. The number of hydrogen-bond acceptors (Lipinski definition) is 2. The Morgan fingerprint density at radius 1 is 1.14 bits per heavy atom. The molecular formula is C12H18O2. The molecule has 0 aromatic heterocycles. The molecule has 2 nitrogen and oxygen atoms in total. The molecule has 0 aliphatic carbocycles. The van der Waals surface area contributed by atoms with Gasteiger partial charge in [0.25, 0.3) is 0 Å². The van der Waals surface area contributed by atoms with Gasteiger partial charge in [-0.2, -0.15) is 0 Å². The average Bonchev–Trinajstić information content (AvgIpc) is 2.51. The van der Waals surface area contributed by atoms with Crippen molar-refractivity contribution in [3.63, 3.8) is 0 Å². The van der Waals surface area contributed by atoms with Crippen LogP contribution in [0.3, 0.4) is 0 Å². The lowest BCUT2D eigenvalue weighted by atomic mass is 9.97. The summed E-state index contributed by atoms with van der Waals surface area (Å²) in [6, 6.07) is 0. The summed E-state index contributed by atoms with van der Waals surface area (Å²) in [6.45, 7) is 11.7. The fraction of sp³-hybridized carbons (Fsp3) is 0.500. The van der Waals surface area contributed by atoms with Crippen molar-refractivity contribution in [2.24, 2.45) is 0 Å². The molecule has 1 saturated heterocycles. The van der Waals surface area contributed by atoms with Crippen molar-refractivity contribution in [2.75, 3.05) is 6.61 Å². The Morgan fingerprint density at radius 3 is 2.29 bits per heavy atom. The minimum atomic E-state index is -0.239. The van der Waals surface area contributed by atoms with E-state index in [2.05, 4.69) is 19.7 Å². The minimum absolute atomic E-state index is 0.146. The molecule has 0 radical (unpaired) electrons. The van der Waals surface area contributed by atoms with E-state index in [9.17, 15) is 0 Å². The zero-order valence-corrected chi connectivity index (χ0v) is 8.58. The molecule has 0 bridgehead atoms. The predicted molar refractivity (Wildman–Crippen MR) is 58.0 cm³/mol. The molecule has 1 aliphatic rings. The van der Waals surface area contributed by atoms with Crippen molar-refractivity contribution >= 4 is 0 Å². The molecule has 1 rings (SSSR count). The van der Waals surface area contributed by atoms with Crippen molar-refractivity contribution in [2.45, 2.75) is 31.2 Å². The second-order valence-corrected chi connectivity index (χ2v) is 3.55. The SMILES string of the molecule is C=CCC1OCC(CC=C)(CC=C)O1. The van der Waals surface area contributed by atoms with Gasteiger partial charge in [-0.05, 0) is 12.8 Å². The topological polar surface area (TPSA) is 18.5 Å². The highest BCUT2D eigenvalue weighted by Gasteiger charge is 2.38. The summed E-state index contributed by atoms with van der Waals surface area (Å²) in [5.41, 5.74) is -0.239. The van der Waals surface area contributed by atoms with E-state index in [0.29, 0.717) is 6.61 Å². The van der Waals surface area contributed by atoms with Gasteiger partial charge in [0.15, 0.2) is 6.29 Å². The summed E-state index contributed by atoms with van der Waals surface area (Å²) >= 11 is 0. The fourth-order valence-electron chi connectivity index (χ4n) is 1.67. The van der Waals surface area contributed by atoms with Gasteiger partial charge in [0, 0.05) is 6.42 Å². The highest BCUT2D eigenvalue weighted by Crippen LogP contribution is 2.31. The van der Waals surface area contributed by atoms with Gasteiger partial charge in [-0.3, -0.25) is 0 Å². The summed E-state index contributed by atoms with van der Waals surface area (Å²) in [5, 5.41) is 0. The second-order valence-electron chi connectivity index (χ2n) is 3.55. The number of ether oxygens (including phenoxy) is 2. The fourth-order valence-corrected chi connectivity index (χ4v) is 1.67. The summed E-state index contributed by atoms with van der Waals surface area (Å²) in [5.74, 6) is 0. The van der Waals surface area contributed by atoms with Crippen LogP contribution in [0.25, 0.3) is 0 Å².